The van der Waals surface area contributed by atoms with Gasteiger partial charge in [-0.1, -0.05) is 12.1 Å². The van der Waals surface area contributed by atoms with Gasteiger partial charge in [0.15, 0.2) is 6.04 Å². The van der Waals surface area contributed by atoms with Crippen LogP contribution in [-0.4, -0.2) is 26.7 Å². The fourth-order valence-electron chi connectivity index (χ4n) is 3.05. The van der Waals surface area contributed by atoms with Crippen LogP contribution in [0.4, 0.5) is 5.82 Å². The predicted molar refractivity (Wildman–Crippen MR) is 90.5 cm³/mol. The Morgan fingerprint density at radius 1 is 1.20 bits per heavy atom. The molecule has 1 aliphatic rings. The minimum Gasteiger partial charge on any atom is -0.383 e. The number of aromatic amines is 1. The Morgan fingerprint density at radius 3 is 2.44 bits per heavy atom. The van der Waals surface area contributed by atoms with Gasteiger partial charge >= 0.3 is 0 Å². The van der Waals surface area contributed by atoms with Crippen molar-refractivity contribution in [1.29, 1.82) is 5.26 Å². The van der Waals surface area contributed by atoms with E-state index in [4.69, 9.17) is 5.73 Å². The third-order valence-electron chi connectivity index (χ3n) is 4.35. The molecule has 1 atom stereocenters. The van der Waals surface area contributed by atoms with Crippen molar-refractivity contribution in [3.05, 3.63) is 58.8 Å². The predicted octanol–water partition coefficient (Wildman–Crippen LogP) is 2.31. The molecule has 1 aliphatic heterocycles. The molecule has 3 aromatic rings. The van der Waals surface area contributed by atoms with Crippen LogP contribution in [0.25, 0.3) is 11.0 Å². The molecule has 122 valence electrons. The van der Waals surface area contributed by atoms with Crippen LogP contribution in [0.1, 0.15) is 38.0 Å². The fourth-order valence-corrected chi connectivity index (χ4v) is 3.05. The first-order valence-corrected chi connectivity index (χ1v) is 7.63. The monoisotopic (exact) mass is 331 g/mol. The second-order valence-corrected chi connectivity index (χ2v) is 5.91. The highest BCUT2D eigenvalue weighted by molar-refractivity contribution is 6.21. The van der Waals surface area contributed by atoms with Crippen LogP contribution >= 0.6 is 0 Å². The van der Waals surface area contributed by atoms with E-state index in [0.29, 0.717) is 33.7 Å². The highest BCUT2D eigenvalue weighted by Crippen LogP contribution is 2.32. The Labute approximate surface area is 142 Å². The second-order valence-electron chi connectivity index (χ2n) is 5.91. The average Bonchev–Trinajstić information content (AvgIpc) is 3.11. The van der Waals surface area contributed by atoms with Crippen LogP contribution in [0.15, 0.2) is 36.4 Å². The lowest BCUT2D eigenvalue weighted by molar-refractivity contribution is 0.0615. The zero-order valence-corrected chi connectivity index (χ0v) is 13.3. The summed E-state index contributed by atoms with van der Waals surface area (Å²) >= 11 is 0. The van der Waals surface area contributed by atoms with Gasteiger partial charge in [-0.25, -0.2) is 4.98 Å². The van der Waals surface area contributed by atoms with Gasteiger partial charge in [0.1, 0.15) is 5.82 Å². The number of carbonyl (C=O) groups excluding carboxylic acids is 2. The number of imide groups is 1. The van der Waals surface area contributed by atoms with Gasteiger partial charge in [-0.3, -0.25) is 14.5 Å². The molecule has 4 rings (SSSR count). The molecule has 1 aromatic carbocycles. The van der Waals surface area contributed by atoms with Gasteiger partial charge in [-0.15, -0.1) is 0 Å². The topological polar surface area (TPSA) is 116 Å². The minimum atomic E-state index is -1.07. The van der Waals surface area contributed by atoms with Crippen LogP contribution in [0.2, 0.25) is 0 Å². The average molecular weight is 331 g/mol. The van der Waals surface area contributed by atoms with Crippen molar-refractivity contribution in [3.8, 4) is 6.07 Å². The van der Waals surface area contributed by atoms with E-state index >= 15 is 0 Å². The van der Waals surface area contributed by atoms with E-state index in [1.807, 2.05) is 19.1 Å². The number of rotatable bonds is 2. The minimum absolute atomic E-state index is 0.307. The van der Waals surface area contributed by atoms with Crippen LogP contribution in [0.5, 0.6) is 0 Å². The maximum Gasteiger partial charge on any atom is 0.263 e. The molecule has 0 spiro atoms. The lowest BCUT2D eigenvalue weighted by atomic mass is 10.1. The molecule has 7 heteroatoms. The number of nitrogens with zero attached hydrogens (tertiary/aromatic N) is 3. The number of benzene rings is 1. The van der Waals surface area contributed by atoms with E-state index in [1.165, 1.54) is 0 Å². The summed E-state index contributed by atoms with van der Waals surface area (Å²) in [6, 6.07) is 11.0. The van der Waals surface area contributed by atoms with E-state index in [1.54, 1.807) is 30.3 Å². The molecule has 2 aromatic heterocycles. The summed E-state index contributed by atoms with van der Waals surface area (Å²) in [5, 5.41) is 9.63. The third-order valence-corrected chi connectivity index (χ3v) is 4.35. The second kappa shape index (κ2) is 5.18. The van der Waals surface area contributed by atoms with Gasteiger partial charge in [0.25, 0.3) is 11.8 Å². The van der Waals surface area contributed by atoms with E-state index in [-0.39, 0.29) is 0 Å². The summed E-state index contributed by atoms with van der Waals surface area (Å²) in [6.07, 6.45) is 0. The number of aryl methyl sites for hydroxylation is 1. The highest BCUT2D eigenvalue weighted by Gasteiger charge is 2.41. The number of nitrogens with one attached hydrogen (secondary N) is 1. The smallest absolute Gasteiger partial charge is 0.263 e. The zero-order chi connectivity index (χ0) is 17.7. The van der Waals surface area contributed by atoms with Crippen LogP contribution in [0.3, 0.4) is 0 Å². The van der Waals surface area contributed by atoms with Gasteiger partial charge in [0.05, 0.1) is 33.9 Å². The largest absolute Gasteiger partial charge is 0.383 e. The van der Waals surface area contributed by atoms with Crippen molar-refractivity contribution in [2.24, 2.45) is 0 Å². The van der Waals surface area contributed by atoms with Crippen molar-refractivity contribution >= 4 is 28.7 Å². The third kappa shape index (κ3) is 2.08. The normalized spacial score (nSPS) is 14.6. The van der Waals surface area contributed by atoms with Gasteiger partial charge in [-0.05, 0) is 36.8 Å². The maximum absolute atomic E-state index is 12.6. The lowest BCUT2D eigenvalue weighted by Crippen LogP contribution is -2.33. The number of nitriles is 1. The standard InChI is InChI=1S/C18H13N5O2/c1-9-6-12-13(22-16(9)20)7-14(21-12)15(8-19)23-17(24)10-4-2-3-5-11(10)18(23)25/h2-7,15,21H,1H3,(H2,20,22). The molecule has 0 aliphatic carbocycles. The summed E-state index contributed by atoms with van der Waals surface area (Å²) in [5.74, 6) is -0.559. The molecule has 0 saturated carbocycles. The number of nitrogens with two attached hydrogens (primary N) is 1. The molecule has 3 N–H and O–H groups in total. The van der Waals surface area contributed by atoms with Crippen molar-refractivity contribution in [2.45, 2.75) is 13.0 Å². The molecule has 7 nitrogen and oxygen atoms in total. The van der Waals surface area contributed by atoms with Gasteiger partial charge in [0, 0.05) is 0 Å². The van der Waals surface area contributed by atoms with E-state index in [9.17, 15) is 14.9 Å². The van der Waals surface area contributed by atoms with Gasteiger partial charge in [-0.2, -0.15) is 5.26 Å². The number of hydrogen-bond acceptors (Lipinski definition) is 5. The molecule has 1 unspecified atom stereocenters. The van der Waals surface area contributed by atoms with Crippen molar-refractivity contribution in [3.63, 3.8) is 0 Å². The number of pyridine rings is 1. The molecule has 0 radical (unpaired) electrons. The van der Waals surface area contributed by atoms with Crippen molar-refractivity contribution in [1.82, 2.24) is 14.9 Å². The van der Waals surface area contributed by atoms with Crippen molar-refractivity contribution in [2.75, 3.05) is 5.73 Å². The summed E-state index contributed by atoms with van der Waals surface area (Å²) in [5.41, 5.74) is 8.93. The Kier molecular flexibility index (Phi) is 3.09. The SMILES string of the molecule is Cc1cc2[nH]c(C(C#N)N3C(=O)c4ccccc4C3=O)cc2nc1N. The molecule has 25 heavy (non-hydrogen) atoms. The quantitative estimate of drug-likeness (QED) is 0.699. The first-order chi connectivity index (χ1) is 12.0. The fraction of sp³-hybridized carbons (Fsp3) is 0.111. The zero-order valence-electron chi connectivity index (χ0n) is 13.3. The number of amides is 2. The molecule has 0 bridgehead atoms. The Balaban J connectivity index is 1.81. The van der Waals surface area contributed by atoms with E-state index in [0.717, 1.165) is 10.5 Å². The van der Waals surface area contributed by atoms with Gasteiger partial charge < -0.3 is 10.7 Å². The number of nitrogen functional groups attached to an aromatic ring is 1. The van der Waals surface area contributed by atoms with Gasteiger partial charge in [0.2, 0.25) is 0 Å². The van der Waals surface area contributed by atoms with Crippen molar-refractivity contribution < 1.29 is 9.59 Å². The molecule has 0 saturated heterocycles. The maximum atomic E-state index is 12.6. The van der Waals surface area contributed by atoms with E-state index in [2.05, 4.69) is 9.97 Å². The first kappa shape index (κ1) is 14.9. The molecular weight excluding hydrogens is 318 g/mol. The summed E-state index contributed by atoms with van der Waals surface area (Å²) in [6.45, 7) is 1.83. The lowest BCUT2D eigenvalue weighted by Gasteiger charge is -2.18. The van der Waals surface area contributed by atoms with Crippen LogP contribution in [0, 0.1) is 18.3 Å². The summed E-state index contributed by atoms with van der Waals surface area (Å²) in [7, 11) is 0. The molecule has 0 fully saturated rings. The number of carbonyl (C=O) groups is 2. The number of hydrogen-bond donors (Lipinski definition) is 2. The number of anilines is 1. The molecule has 3 heterocycles. The summed E-state index contributed by atoms with van der Waals surface area (Å²) < 4.78 is 0. The first-order valence-electron chi connectivity index (χ1n) is 7.63. The van der Waals surface area contributed by atoms with Crippen LogP contribution < -0.4 is 5.73 Å². The number of aromatic nitrogens is 2. The van der Waals surface area contributed by atoms with Crippen LogP contribution in [-0.2, 0) is 0 Å². The molecule has 2 amide bonds. The summed E-state index contributed by atoms with van der Waals surface area (Å²) in [4.78, 5) is 33.5. The Hall–Kier alpha value is -3.66. The number of fused-ring (bicyclic) bond motifs is 2. The van der Waals surface area contributed by atoms with E-state index < -0.39 is 17.9 Å². The number of H-pyrrole nitrogens is 1. The molecular formula is C18H13N5O2. The Morgan fingerprint density at radius 2 is 1.84 bits per heavy atom. The Bertz CT molecular complexity index is 1020. The highest BCUT2D eigenvalue weighted by atomic mass is 16.2.